The van der Waals surface area contributed by atoms with E-state index in [0.29, 0.717) is 48.9 Å². The number of anilines is 1. The third-order valence-electron chi connectivity index (χ3n) is 5.11. The molecule has 0 unspecified atom stereocenters. The molecular formula is C18H22ClN3O4. The van der Waals surface area contributed by atoms with Crippen LogP contribution in [0.15, 0.2) is 18.2 Å². The van der Waals surface area contributed by atoms with E-state index in [2.05, 4.69) is 0 Å². The van der Waals surface area contributed by atoms with E-state index in [0.717, 1.165) is 0 Å². The van der Waals surface area contributed by atoms with Gasteiger partial charge in [0.2, 0.25) is 17.7 Å². The van der Waals surface area contributed by atoms with Gasteiger partial charge in [-0.3, -0.25) is 14.4 Å². The normalized spacial score (nSPS) is 21.2. The zero-order chi connectivity index (χ0) is 18.8. The number of benzene rings is 1. The van der Waals surface area contributed by atoms with E-state index in [1.54, 1.807) is 28.0 Å². The Morgan fingerprint density at radius 1 is 1.23 bits per heavy atom. The molecule has 0 spiro atoms. The first kappa shape index (κ1) is 18.5. The zero-order valence-corrected chi connectivity index (χ0v) is 15.4. The van der Waals surface area contributed by atoms with Crippen LogP contribution in [0.3, 0.4) is 0 Å². The molecule has 2 heterocycles. The van der Waals surface area contributed by atoms with Crippen LogP contribution in [0.1, 0.15) is 19.3 Å². The SMILES string of the molecule is COc1ccc(Cl)cc1N1C[C@@H](C(=O)N2CCC(C(N)=O)CC2)CC1=O. The van der Waals surface area contributed by atoms with E-state index in [1.807, 2.05) is 0 Å². The highest BCUT2D eigenvalue weighted by Gasteiger charge is 2.39. The standard InChI is InChI=1S/C18H22ClN3O4/c1-26-15-3-2-13(19)9-14(15)22-10-12(8-16(22)23)18(25)21-6-4-11(5-7-21)17(20)24/h2-3,9,11-12H,4-8,10H2,1H3,(H2,20,24)/t12-/m0/s1. The molecule has 3 rings (SSSR count). The highest BCUT2D eigenvalue weighted by Crippen LogP contribution is 2.35. The summed E-state index contributed by atoms with van der Waals surface area (Å²) >= 11 is 6.05. The van der Waals surface area contributed by atoms with Crippen LogP contribution in [0, 0.1) is 11.8 Å². The molecule has 8 heteroatoms. The maximum absolute atomic E-state index is 12.8. The van der Waals surface area contributed by atoms with Gasteiger partial charge >= 0.3 is 0 Å². The van der Waals surface area contributed by atoms with Gasteiger partial charge in [-0.25, -0.2) is 0 Å². The minimum absolute atomic E-state index is 0.0511. The number of hydrogen-bond acceptors (Lipinski definition) is 4. The largest absolute Gasteiger partial charge is 0.495 e. The zero-order valence-electron chi connectivity index (χ0n) is 14.6. The maximum Gasteiger partial charge on any atom is 0.228 e. The predicted octanol–water partition coefficient (Wildman–Crippen LogP) is 1.43. The molecule has 2 N–H and O–H groups in total. The second kappa shape index (κ2) is 7.53. The van der Waals surface area contributed by atoms with Crippen LogP contribution >= 0.6 is 11.6 Å². The Labute approximate surface area is 157 Å². The number of primary amides is 1. The Balaban J connectivity index is 1.69. The molecule has 2 aliphatic rings. The van der Waals surface area contributed by atoms with Gasteiger partial charge in [0.05, 0.1) is 18.7 Å². The van der Waals surface area contributed by atoms with Crippen LogP contribution < -0.4 is 15.4 Å². The molecule has 140 valence electrons. The molecule has 1 aromatic rings. The van der Waals surface area contributed by atoms with Crippen molar-refractivity contribution in [2.75, 3.05) is 31.6 Å². The molecule has 2 saturated heterocycles. The quantitative estimate of drug-likeness (QED) is 0.856. The molecular weight excluding hydrogens is 358 g/mol. The molecule has 0 radical (unpaired) electrons. The first-order chi connectivity index (χ1) is 12.4. The Hall–Kier alpha value is -2.28. The summed E-state index contributed by atoms with van der Waals surface area (Å²) in [5.41, 5.74) is 5.91. The summed E-state index contributed by atoms with van der Waals surface area (Å²) in [5, 5.41) is 0.497. The van der Waals surface area contributed by atoms with Crippen LogP contribution in [0.5, 0.6) is 5.75 Å². The van der Waals surface area contributed by atoms with Crippen LogP contribution in [0.25, 0.3) is 0 Å². The van der Waals surface area contributed by atoms with Crippen molar-refractivity contribution in [1.82, 2.24) is 4.90 Å². The number of carbonyl (C=O) groups excluding carboxylic acids is 3. The van der Waals surface area contributed by atoms with Crippen molar-refractivity contribution in [2.24, 2.45) is 17.6 Å². The third-order valence-corrected chi connectivity index (χ3v) is 5.35. The van der Waals surface area contributed by atoms with Crippen LogP contribution in [-0.4, -0.2) is 49.4 Å². The summed E-state index contributed by atoms with van der Waals surface area (Å²) in [6, 6.07) is 5.06. The Morgan fingerprint density at radius 3 is 2.54 bits per heavy atom. The summed E-state index contributed by atoms with van der Waals surface area (Å²) in [7, 11) is 1.53. The van der Waals surface area contributed by atoms with Gasteiger partial charge in [0.15, 0.2) is 0 Å². The van der Waals surface area contributed by atoms with E-state index in [-0.39, 0.29) is 30.1 Å². The topological polar surface area (TPSA) is 92.9 Å². The molecule has 0 aliphatic carbocycles. The lowest BCUT2D eigenvalue weighted by molar-refractivity contribution is -0.138. The van der Waals surface area contributed by atoms with Gasteiger partial charge in [-0.2, -0.15) is 0 Å². The van der Waals surface area contributed by atoms with Gasteiger partial charge in [0.1, 0.15) is 5.75 Å². The molecule has 2 aliphatic heterocycles. The average molecular weight is 380 g/mol. The Bertz CT molecular complexity index is 731. The lowest BCUT2D eigenvalue weighted by Gasteiger charge is -2.32. The molecule has 3 amide bonds. The average Bonchev–Trinajstić information content (AvgIpc) is 3.02. The Kier molecular flexibility index (Phi) is 5.36. The van der Waals surface area contributed by atoms with E-state index < -0.39 is 5.92 Å². The van der Waals surface area contributed by atoms with E-state index in [4.69, 9.17) is 22.1 Å². The first-order valence-corrected chi connectivity index (χ1v) is 9.00. The van der Waals surface area contributed by atoms with Crippen molar-refractivity contribution < 1.29 is 19.1 Å². The molecule has 1 atom stereocenters. The number of nitrogens with zero attached hydrogens (tertiary/aromatic N) is 2. The van der Waals surface area contributed by atoms with E-state index in [1.165, 1.54) is 7.11 Å². The smallest absolute Gasteiger partial charge is 0.228 e. The second-order valence-corrected chi connectivity index (χ2v) is 7.16. The van der Waals surface area contributed by atoms with Crippen molar-refractivity contribution >= 4 is 35.0 Å². The number of amides is 3. The van der Waals surface area contributed by atoms with Crippen LogP contribution in [0.4, 0.5) is 5.69 Å². The highest BCUT2D eigenvalue weighted by atomic mass is 35.5. The predicted molar refractivity (Wildman–Crippen MR) is 97.0 cm³/mol. The number of hydrogen-bond donors (Lipinski definition) is 1. The van der Waals surface area contributed by atoms with Crippen molar-refractivity contribution in [3.05, 3.63) is 23.2 Å². The number of nitrogens with two attached hydrogens (primary N) is 1. The molecule has 7 nitrogen and oxygen atoms in total. The van der Waals surface area contributed by atoms with Gasteiger partial charge in [-0.05, 0) is 31.0 Å². The number of ether oxygens (including phenoxy) is 1. The summed E-state index contributed by atoms with van der Waals surface area (Å²) in [6.07, 6.45) is 1.31. The van der Waals surface area contributed by atoms with Crippen molar-refractivity contribution in [1.29, 1.82) is 0 Å². The lowest BCUT2D eigenvalue weighted by atomic mass is 9.95. The number of likely N-dealkylation sites (tertiary alicyclic amines) is 1. The fourth-order valence-electron chi connectivity index (χ4n) is 3.62. The van der Waals surface area contributed by atoms with Gasteiger partial charge in [-0.15, -0.1) is 0 Å². The molecule has 26 heavy (non-hydrogen) atoms. The van der Waals surface area contributed by atoms with Gasteiger partial charge < -0.3 is 20.3 Å². The highest BCUT2D eigenvalue weighted by molar-refractivity contribution is 6.31. The summed E-state index contributed by atoms with van der Waals surface area (Å²) < 4.78 is 5.32. The van der Waals surface area contributed by atoms with Gasteiger partial charge in [-0.1, -0.05) is 11.6 Å². The van der Waals surface area contributed by atoms with Crippen molar-refractivity contribution in [2.45, 2.75) is 19.3 Å². The minimum Gasteiger partial charge on any atom is -0.495 e. The number of carbonyl (C=O) groups is 3. The number of halogens is 1. The van der Waals surface area contributed by atoms with E-state index in [9.17, 15) is 14.4 Å². The second-order valence-electron chi connectivity index (χ2n) is 6.72. The van der Waals surface area contributed by atoms with Crippen molar-refractivity contribution in [3.8, 4) is 5.75 Å². The fourth-order valence-corrected chi connectivity index (χ4v) is 3.79. The Morgan fingerprint density at radius 2 is 1.92 bits per heavy atom. The molecule has 1 aromatic carbocycles. The summed E-state index contributed by atoms with van der Waals surface area (Å²) in [4.78, 5) is 39.8. The number of piperidine rings is 1. The molecule has 0 bridgehead atoms. The van der Waals surface area contributed by atoms with Crippen LogP contribution in [0.2, 0.25) is 5.02 Å². The number of rotatable bonds is 4. The number of methoxy groups -OCH3 is 1. The van der Waals surface area contributed by atoms with Gasteiger partial charge in [0.25, 0.3) is 0 Å². The fraction of sp³-hybridized carbons (Fsp3) is 0.500. The summed E-state index contributed by atoms with van der Waals surface area (Å²) in [6.45, 7) is 1.29. The first-order valence-electron chi connectivity index (χ1n) is 8.62. The van der Waals surface area contributed by atoms with Gasteiger partial charge in [0, 0.05) is 37.0 Å². The minimum atomic E-state index is -0.406. The maximum atomic E-state index is 12.8. The third kappa shape index (κ3) is 3.62. The molecule has 0 aromatic heterocycles. The monoisotopic (exact) mass is 379 g/mol. The molecule has 0 saturated carbocycles. The lowest BCUT2D eigenvalue weighted by Crippen LogP contribution is -2.44. The van der Waals surface area contributed by atoms with Crippen molar-refractivity contribution in [3.63, 3.8) is 0 Å². The summed E-state index contributed by atoms with van der Waals surface area (Å²) in [5.74, 6) is -0.529. The van der Waals surface area contributed by atoms with E-state index >= 15 is 0 Å². The molecule has 2 fully saturated rings. The van der Waals surface area contributed by atoms with Crippen LogP contribution in [-0.2, 0) is 14.4 Å².